The zero-order chi connectivity index (χ0) is 15.6. The van der Waals surface area contributed by atoms with Gasteiger partial charge in [0.15, 0.2) is 0 Å². The highest BCUT2D eigenvalue weighted by Crippen LogP contribution is 2.33. The first kappa shape index (κ1) is 15.1. The fourth-order valence-corrected chi connectivity index (χ4v) is 2.01. The number of carboxylic acids is 1. The van der Waals surface area contributed by atoms with Crippen molar-refractivity contribution in [2.75, 3.05) is 0 Å². The van der Waals surface area contributed by atoms with Crippen molar-refractivity contribution in [3.05, 3.63) is 47.2 Å². The van der Waals surface area contributed by atoms with Crippen LogP contribution >= 0.6 is 11.6 Å². The molecule has 1 aromatic heterocycles. The highest BCUT2D eigenvalue weighted by atomic mass is 35.5. The second-order valence-electron chi connectivity index (χ2n) is 3.91. The van der Waals surface area contributed by atoms with Crippen molar-refractivity contribution in [3.63, 3.8) is 0 Å². The average molecular weight is 318 g/mol. The quantitative estimate of drug-likeness (QED) is 0.869. The first-order chi connectivity index (χ1) is 9.78. The Labute approximate surface area is 121 Å². The maximum Gasteiger partial charge on any atom is 0.573 e. The summed E-state index contributed by atoms with van der Waals surface area (Å²) in [7, 11) is 0. The number of aromatic carboxylic acids is 1. The van der Waals surface area contributed by atoms with Crippen LogP contribution < -0.4 is 4.74 Å². The Hall–Kier alpha value is -2.28. The first-order valence-electron chi connectivity index (χ1n) is 5.52. The predicted molar refractivity (Wildman–Crippen MR) is 68.3 cm³/mol. The molecule has 4 nitrogen and oxygen atoms in total. The van der Waals surface area contributed by atoms with Gasteiger partial charge in [0.2, 0.25) is 0 Å². The molecular weight excluding hydrogens is 311 g/mol. The van der Waals surface area contributed by atoms with E-state index >= 15 is 0 Å². The van der Waals surface area contributed by atoms with Gasteiger partial charge in [0.25, 0.3) is 0 Å². The number of carbonyl (C=O) groups is 1. The number of rotatable bonds is 3. The summed E-state index contributed by atoms with van der Waals surface area (Å²) in [4.78, 5) is 14.9. The molecule has 1 aromatic carbocycles. The van der Waals surface area contributed by atoms with Gasteiger partial charge in [-0.05, 0) is 23.8 Å². The molecule has 0 aliphatic heterocycles. The van der Waals surface area contributed by atoms with Crippen molar-refractivity contribution in [2.24, 2.45) is 0 Å². The molecule has 0 bridgehead atoms. The smallest absolute Gasteiger partial charge is 0.478 e. The third-order valence-corrected chi connectivity index (χ3v) is 2.78. The molecule has 0 radical (unpaired) electrons. The highest BCUT2D eigenvalue weighted by Gasteiger charge is 2.31. The Morgan fingerprint density at radius 3 is 2.62 bits per heavy atom. The van der Waals surface area contributed by atoms with Crippen molar-refractivity contribution < 1.29 is 27.8 Å². The SMILES string of the molecule is O=C(O)c1ccnc(Cl)c1-c1cccc(OC(F)(F)F)c1. The second-order valence-corrected chi connectivity index (χ2v) is 4.26. The molecule has 0 atom stereocenters. The van der Waals surface area contributed by atoms with Crippen LogP contribution in [0.1, 0.15) is 10.4 Å². The van der Waals surface area contributed by atoms with Gasteiger partial charge in [-0.3, -0.25) is 0 Å². The largest absolute Gasteiger partial charge is 0.573 e. The van der Waals surface area contributed by atoms with Crippen molar-refractivity contribution in [3.8, 4) is 16.9 Å². The Bertz CT molecular complexity index is 689. The number of aromatic nitrogens is 1. The Kier molecular flexibility index (Phi) is 4.04. The van der Waals surface area contributed by atoms with Gasteiger partial charge in [-0.25, -0.2) is 9.78 Å². The molecule has 2 rings (SSSR count). The van der Waals surface area contributed by atoms with E-state index in [0.717, 1.165) is 12.1 Å². The Morgan fingerprint density at radius 1 is 1.29 bits per heavy atom. The van der Waals surface area contributed by atoms with Crippen molar-refractivity contribution in [2.45, 2.75) is 6.36 Å². The lowest BCUT2D eigenvalue weighted by atomic mass is 10.0. The average Bonchev–Trinajstić information content (AvgIpc) is 2.36. The van der Waals surface area contributed by atoms with Gasteiger partial charge in [0.05, 0.1) is 5.56 Å². The summed E-state index contributed by atoms with van der Waals surface area (Å²) >= 11 is 5.86. The fraction of sp³-hybridized carbons (Fsp3) is 0.0769. The van der Waals surface area contributed by atoms with Gasteiger partial charge in [0, 0.05) is 11.8 Å². The van der Waals surface area contributed by atoms with Crippen LogP contribution in [0.2, 0.25) is 5.15 Å². The molecule has 0 saturated carbocycles. The Balaban J connectivity index is 2.53. The van der Waals surface area contributed by atoms with E-state index in [4.69, 9.17) is 16.7 Å². The summed E-state index contributed by atoms with van der Waals surface area (Å²) < 4.78 is 40.4. The summed E-state index contributed by atoms with van der Waals surface area (Å²) in [5.74, 6) is -1.74. The van der Waals surface area contributed by atoms with Crippen molar-refractivity contribution in [1.82, 2.24) is 4.98 Å². The van der Waals surface area contributed by atoms with E-state index in [2.05, 4.69) is 9.72 Å². The van der Waals surface area contributed by atoms with Crippen LogP contribution in [0.5, 0.6) is 5.75 Å². The van der Waals surface area contributed by atoms with Crippen LogP contribution in [0.15, 0.2) is 36.5 Å². The summed E-state index contributed by atoms with van der Waals surface area (Å²) in [6, 6.07) is 6.06. The van der Waals surface area contributed by atoms with Gasteiger partial charge in [-0.1, -0.05) is 23.7 Å². The second kappa shape index (κ2) is 5.61. The monoisotopic (exact) mass is 317 g/mol. The number of alkyl halides is 3. The maximum absolute atomic E-state index is 12.2. The lowest BCUT2D eigenvalue weighted by Crippen LogP contribution is -2.17. The molecule has 8 heteroatoms. The molecule has 0 fully saturated rings. The van der Waals surface area contributed by atoms with Gasteiger partial charge in [0.1, 0.15) is 10.9 Å². The summed E-state index contributed by atoms with van der Waals surface area (Å²) in [6.07, 6.45) is -3.64. The molecule has 0 unspecified atom stereocenters. The molecule has 2 aromatic rings. The topological polar surface area (TPSA) is 59.4 Å². The number of nitrogens with zero attached hydrogens (tertiary/aromatic N) is 1. The molecule has 0 aliphatic rings. The number of hydrogen-bond acceptors (Lipinski definition) is 3. The minimum absolute atomic E-state index is 0.0271. The minimum atomic E-state index is -4.84. The normalized spacial score (nSPS) is 11.2. The van der Waals surface area contributed by atoms with Crippen LogP contribution in [0.25, 0.3) is 11.1 Å². The molecule has 110 valence electrons. The molecule has 0 aliphatic carbocycles. The molecule has 0 spiro atoms. The standard InChI is InChI=1S/C13H7ClF3NO3/c14-11-10(9(12(19)20)4-5-18-11)7-2-1-3-8(6-7)21-13(15,16)17/h1-6H,(H,19,20). The van der Waals surface area contributed by atoms with E-state index < -0.39 is 18.1 Å². The highest BCUT2D eigenvalue weighted by molar-refractivity contribution is 6.33. The zero-order valence-corrected chi connectivity index (χ0v) is 10.9. The third kappa shape index (κ3) is 3.63. The van der Waals surface area contributed by atoms with E-state index in [0.29, 0.717) is 0 Å². The maximum atomic E-state index is 12.2. The van der Waals surface area contributed by atoms with E-state index in [-0.39, 0.29) is 21.8 Å². The lowest BCUT2D eigenvalue weighted by Gasteiger charge is -2.12. The number of halogens is 4. The molecular formula is C13H7ClF3NO3. The predicted octanol–water partition coefficient (Wildman–Crippen LogP) is 4.00. The zero-order valence-electron chi connectivity index (χ0n) is 10.2. The van der Waals surface area contributed by atoms with Crippen LogP contribution in [0, 0.1) is 0 Å². The molecule has 1 heterocycles. The van der Waals surface area contributed by atoms with E-state index in [1.807, 2.05) is 0 Å². The van der Waals surface area contributed by atoms with Crippen LogP contribution in [0.4, 0.5) is 13.2 Å². The van der Waals surface area contributed by atoms with Gasteiger partial charge >= 0.3 is 12.3 Å². The van der Waals surface area contributed by atoms with Crippen LogP contribution in [0.3, 0.4) is 0 Å². The van der Waals surface area contributed by atoms with Crippen LogP contribution in [-0.4, -0.2) is 22.4 Å². The van der Waals surface area contributed by atoms with E-state index in [9.17, 15) is 18.0 Å². The Morgan fingerprint density at radius 2 is 2.00 bits per heavy atom. The molecule has 1 N–H and O–H groups in total. The third-order valence-electron chi connectivity index (χ3n) is 2.49. The van der Waals surface area contributed by atoms with Gasteiger partial charge in [-0.2, -0.15) is 0 Å². The fourth-order valence-electron chi connectivity index (χ4n) is 1.74. The number of pyridine rings is 1. The van der Waals surface area contributed by atoms with E-state index in [1.54, 1.807) is 0 Å². The number of carboxylic acid groups (broad SMARTS) is 1. The molecule has 21 heavy (non-hydrogen) atoms. The first-order valence-corrected chi connectivity index (χ1v) is 5.90. The summed E-state index contributed by atoms with van der Waals surface area (Å²) in [6.45, 7) is 0. The summed E-state index contributed by atoms with van der Waals surface area (Å²) in [5, 5.41) is 8.98. The van der Waals surface area contributed by atoms with Crippen LogP contribution in [-0.2, 0) is 0 Å². The number of benzene rings is 1. The molecule has 0 saturated heterocycles. The minimum Gasteiger partial charge on any atom is -0.478 e. The molecule has 0 amide bonds. The number of hydrogen-bond donors (Lipinski definition) is 1. The van der Waals surface area contributed by atoms with Crippen molar-refractivity contribution >= 4 is 17.6 Å². The van der Waals surface area contributed by atoms with Gasteiger partial charge < -0.3 is 9.84 Å². The lowest BCUT2D eigenvalue weighted by molar-refractivity contribution is -0.274. The van der Waals surface area contributed by atoms with Crippen molar-refractivity contribution in [1.29, 1.82) is 0 Å². The summed E-state index contributed by atoms with van der Waals surface area (Å²) in [5.41, 5.74) is 0.0192. The number of ether oxygens (including phenoxy) is 1. The van der Waals surface area contributed by atoms with E-state index in [1.165, 1.54) is 24.4 Å². The van der Waals surface area contributed by atoms with Gasteiger partial charge in [-0.15, -0.1) is 13.2 Å².